The molecule has 0 aromatic carbocycles. The maximum atomic E-state index is 10.00. The van der Waals surface area contributed by atoms with Gasteiger partial charge in [0.25, 0.3) is 0 Å². The predicted molar refractivity (Wildman–Crippen MR) is 70.8 cm³/mol. The second kappa shape index (κ2) is 6.17. The molecule has 3 unspecified atom stereocenters. The molecule has 1 saturated heterocycles. The Morgan fingerprint density at radius 3 is 2.65 bits per heavy atom. The van der Waals surface area contributed by atoms with Gasteiger partial charge in [-0.15, -0.1) is 0 Å². The minimum atomic E-state index is -0.160. The van der Waals surface area contributed by atoms with Crippen LogP contribution in [-0.2, 0) is 0 Å². The van der Waals surface area contributed by atoms with Crippen molar-refractivity contribution in [3.05, 3.63) is 0 Å². The van der Waals surface area contributed by atoms with E-state index in [-0.39, 0.29) is 12.1 Å². The lowest BCUT2D eigenvalue weighted by Gasteiger charge is -2.39. The molecule has 100 valence electrons. The van der Waals surface area contributed by atoms with Crippen molar-refractivity contribution in [2.75, 3.05) is 19.6 Å². The van der Waals surface area contributed by atoms with Gasteiger partial charge in [-0.3, -0.25) is 0 Å². The summed E-state index contributed by atoms with van der Waals surface area (Å²) in [4.78, 5) is 2.51. The van der Waals surface area contributed by atoms with Gasteiger partial charge in [0, 0.05) is 25.7 Å². The van der Waals surface area contributed by atoms with Crippen LogP contribution >= 0.6 is 0 Å². The fourth-order valence-electron chi connectivity index (χ4n) is 3.60. The van der Waals surface area contributed by atoms with Crippen LogP contribution < -0.4 is 5.73 Å². The number of nitrogens with two attached hydrogens (primary N) is 1. The summed E-state index contributed by atoms with van der Waals surface area (Å²) in [7, 11) is 0. The van der Waals surface area contributed by atoms with Crippen molar-refractivity contribution >= 4 is 0 Å². The number of hydrogen-bond acceptors (Lipinski definition) is 3. The Labute approximate surface area is 105 Å². The zero-order valence-corrected chi connectivity index (χ0v) is 11.1. The highest BCUT2D eigenvalue weighted by Gasteiger charge is 2.30. The summed E-state index contributed by atoms with van der Waals surface area (Å²) in [5, 5.41) is 10.00. The van der Waals surface area contributed by atoms with Gasteiger partial charge in [0.05, 0.1) is 6.10 Å². The number of hydrogen-bond donors (Lipinski definition) is 2. The van der Waals surface area contributed by atoms with Crippen LogP contribution in [0, 0.1) is 11.8 Å². The Morgan fingerprint density at radius 1 is 1.29 bits per heavy atom. The summed E-state index contributed by atoms with van der Waals surface area (Å²) in [5.41, 5.74) is 6.13. The monoisotopic (exact) mass is 240 g/mol. The van der Waals surface area contributed by atoms with Crippen LogP contribution in [0.5, 0.6) is 0 Å². The summed E-state index contributed by atoms with van der Waals surface area (Å²) in [6.45, 7) is 5.36. The van der Waals surface area contributed by atoms with Gasteiger partial charge < -0.3 is 15.7 Å². The quantitative estimate of drug-likeness (QED) is 0.784. The molecule has 0 radical (unpaired) electrons. The van der Waals surface area contributed by atoms with E-state index in [4.69, 9.17) is 5.73 Å². The third-order valence-corrected chi connectivity index (χ3v) is 4.54. The zero-order valence-electron chi connectivity index (χ0n) is 11.1. The van der Waals surface area contributed by atoms with E-state index >= 15 is 0 Å². The SMILES string of the molecule is CCC(O)C1CC(N)CN(CC2CCCC2)C1. The van der Waals surface area contributed by atoms with Crippen molar-refractivity contribution in [3.8, 4) is 0 Å². The molecule has 2 aliphatic rings. The first-order valence-electron chi connectivity index (χ1n) is 7.35. The summed E-state index contributed by atoms with van der Waals surface area (Å²) >= 11 is 0. The molecule has 3 N–H and O–H groups in total. The van der Waals surface area contributed by atoms with Crippen molar-refractivity contribution in [2.45, 2.75) is 57.6 Å². The number of rotatable bonds is 4. The number of likely N-dealkylation sites (tertiary alicyclic amines) is 1. The molecule has 0 aromatic rings. The number of piperidine rings is 1. The normalized spacial score (nSPS) is 34.1. The molecule has 0 amide bonds. The molecule has 0 aromatic heterocycles. The van der Waals surface area contributed by atoms with Gasteiger partial charge in [-0.05, 0) is 37.5 Å². The molecule has 3 atom stereocenters. The minimum Gasteiger partial charge on any atom is -0.393 e. The largest absolute Gasteiger partial charge is 0.393 e. The van der Waals surface area contributed by atoms with Crippen molar-refractivity contribution < 1.29 is 5.11 Å². The van der Waals surface area contributed by atoms with E-state index in [1.165, 1.54) is 32.2 Å². The molecule has 3 nitrogen and oxygen atoms in total. The van der Waals surface area contributed by atoms with Crippen LogP contribution in [0.15, 0.2) is 0 Å². The van der Waals surface area contributed by atoms with Crippen LogP contribution in [0.2, 0.25) is 0 Å². The first kappa shape index (κ1) is 13.3. The van der Waals surface area contributed by atoms with Crippen molar-refractivity contribution in [1.29, 1.82) is 0 Å². The van der Waals surface area contributed by atoms with Gasteiger partial charge in [-0.1, -0.05) is 19.8 Å². The van der Waals surface area contributed by atoms with Gasteiger partial charge in [-0.25, -0.2) is 0 Å². The highest BCUT2D eigenvalue weighted by Crippen LogP contribution is 2.28. The van der Waals surface area contributed by atoms with Gasteiger partial charge in [-0.2, -0.15) is 0 Å². The molecule has 1 saturated carbocycles. The molecule has 3 heteroatoms. The zero-order chi connectivity index (χ0) is 12.3. The Bertz CT molecular complexity index is 228. The summed E-state index contributed by atoms with van der Waals surface area (Å²) in [6, 6.07) is 0.261. The Balaban J connectivity index is 1.84. The van der Waals surface area contributed by atoms with E-state index in [0.29, 0.717) is 5.92 Å². The third-order valence-electron chi connectivity index (χ3n) is 4.54. The van der Waals surface area contributed by atoms with Gasteiger partial charge in [0.15, 0.2) is 0 Å². The molecule has 1 aliphatic heterocycles. The molecule has 0 bridgehead atoms. The van der Waals surface area contributed by atoms with Gasteiger partial charge in [0.1, 0.15) is 0 Å². The Kier molecular flexibility index (Phi) is 4.83. The molecule has 0 spiro atoms. The molecule has 2 rings (SSSR count). The lowest BCUT2D eigenvalue weighted by molar-refractivity contribution is 0.0363. The minimum absolute atomic E-state index is 0.160. The van der Waals surface area contributed by atoms with Crippen molar-refractivity contribution in [3.63, 3.8) is 0 Å². The van der Waals surface area contributed by atoms with E-state index in [2.05, 4.69) is 11.8 Å². The van der Waals surface area contributed by atoms with Gasteiger partial charge in [0.2, 0.25) is 0 Å². The molecule has 1 heterocycles. The van der Waals surface area contributed by atoms with Crippen molar-refractivity contribution in [1.82, 2.24) is 4.90 Å². The van der Waals surface area contributed by atoms with Crippen LogP contribution in [0.1, 0.15) is 45.4 Å². The highest BCUT2D eigenvalue weighted by atomic mass is 16.3. The van der Waals surface area contributed by atoms with E-state index in [1.54, 1.807) is 0 Å². The summed E-state index contributed by atoms with van der Waals surface area (Å²) in [5.74, 6) is 1.28. The Hall–Kier alpha value is -0.120. The number of aliphatic hydroxyl groups is 1. The van der Waals surface area contributed by atoms with Crippen LogP contribution in [-0.4, -0.2) is 41.8 Å². The second-order valence-corrected chi connectivity index (χ2v) is 6.10. The van der Waals surface area contributed by atoms with E-state index in [9.17, 15) is 5.11 Å². The van der Waals surface area contributed by atoms with Gasteiger partial charge >= 0.3 is 0 Å². The standard InChI is InChI=1S/C14H28N2O/c1-2-14(17)12-7-13(15)10-16(9-12)8-11-5-3-4-6-11/h11-14,17H,2-10,15H2,1H3. The third kappa shape index (κ3) is 3.67. The van der Waals surface area contributed by atoms with E-state index < -0.39 is 0 Å². The average molecular weight is 240 g/mol. The summed E-state index contributed by atoms with van der Waals surface area (Å²) in [6.07, 6.45) is 7.30. The Morgan fingerprint density at radius 2 is 2.00 bits per heavy atom. The van der Waals surface area contributed by atoms with E-state index in [0.717, 1.165) is 31.8 Å². The smallest absolute Gasteiger partial charge is 0.0578 e. The fourth-order valence-corrected chi connectivity index (χ4v) is 3.60. The lowest BCUT2D eigenvalue weighted by Crippen LogP contribution is -2.50. The molecule has 17 heavy (non-hydrogen) atoms. The second-order valence-electron chi connectivity index (χ2n) is 6.10. The van der Waals surface area contributed by atoms with Crippen molar-refractivity contribution in [2.24, 2.45) is 17.6 Å². The first-order valence-corrected chi connectivity index (χ1v) is 7.35. The maximum Gasteiger partial charge on any atom is 0.0578 e. The van der Waals surface area contributed by atoms with Crippen LogP contribution in [0.4, 0.5) is 0 Å². The average Bonchev–Trinajstić information content (AvgIpc) is 2.80. The number of aliphatic hydroxyl groups excluding tert-OH is 1. The highest BCUT2D eigenvalue weighted by molar-refractivity contribution is 4.86. The molecule has 2 fully saturated rings. The molecular weight excluding hydrogens is 212 g/mol. The first-order chi connectivity index (χ1) is 8.19. The lowest BCUT2D eigenvalue weighted by atomic mass is 9.88. The van der Waals surface area contributed by atoms with Crippen LogP contribution in [0.25, 0.3) is 0 Å². The number of nitrogens with zero attached hydrogens (tertiary/aromatic N) is 1. The van der Waals surface area contributed by atoms with Crippen LogP contribution in [0.3, 0.4) is 0 Å². The molecular formula is C14H28N2O. The topological polar surface area (TPSA) is 49.5 Å². The maximum absolute atomic E-state index is 10.00. The predicted octanol–water partition coefficient (Wildman–Crippen LogP) is 1.60. The van der Waals surface area contributed by atoms with E-state index in [1.807, 2.05) is 0 Å². The summed E-state index contributed by atoms with van der Waals surface area (Å²) < 4.78 is 0. The fraction of sp³-hybridized carbons (Fsp3) is 1.00. The molecule has 1 aliphatic carbocycles.